The lowest BCUT2D eigenvalue weighted by Crippen LogP contribution is -2.46. The van der Waals surface area contributed by atoms with Crippen LogP contribution in [-0.4, -0.2) is 12.7 Å². The van der Waals surface area contributed by atoms with Crippen LogP contribution in [0.2, 0.25) is 10.0 Å². The topological polar surface area (TPSA) is 38.3 Å². The molecule has 17 heavy (non-hydrogen) atoms. The molecule has 0 aromatic heterocycles. The van der Waals surface area contributed by atoms with Crippen LogP contribution in [-0.2, 0) is 4.74 Å². The van der Waals surface area contributed by atoms with Crippen molar-refractivity contribution in [3.8, 4) is 0 Å². The van der Waals surface area contributed by atoms with Crippen LogP contribution in [0, 0.1) is 5.41 Å². The zero-order chi connectivity index (χ0) is 12.6. The van der Waals surface area contributed by atoms with Gasteiger partial charge in [-0.3, -0.25) is 0 Å². The van der Waals surface area contributed by atoms with Crippen molar-refractivity contribution in [1.29, 1.82) is 0 Å². The minimum atomic E-state index is -0.402. The van der Waals surface area contributed by atoms with Crippen molar-refractivity contribution in [1.82, 2.24) is 5.32 Å². The largest absolute Gasteiger partial charge is 0.449 e. The molecule has 1 saturated heterocycles. The van der Waals surface area contributed by atoms with Crippen molar-refractivity contribution in [3.63, 3.8) is 0 Å². The van der Waals surface area contributed by atoms with Gasteiger partial charge in [0.05, 0.1) is 16.1 Å². The third-order valence-corrected chi connectivity index (χ3v) is 3.63. The summed E-state index contributed by atoms with van der Waals surface area (Å²) < 4.78 is 4.99. The molecule has 2 rings (SSSR count). The molecule has 0 aliphatic carbocycles. The molecule has 1 atom stereocenters. The van der Waals surface area contributed by atoms with Gasteiger partial charge in [0.15, 0.2) is 0 Å². The molecule has 1 aromatic carbocycles. The number of nitrogens with one attached hydrogen (secondary N) is 1. The van der Waals surface area contributed by atoms with Crippen molar-refractivity contribution in [2.75, 3.05) is 6.61 Å². The number of carbonyl (C=O) groups excluding carboxylic acids is 1. The predicted molar refractivity (Wildman–Crippen MR) is 67.5 cm³/mol. The second-order valence-electron chi connectivity index (χ2n) is 4.82. The van der Waals surface area contributed by atoms with Gasteiger partial charge in [0.2, 0.25) is 0 Å². The highest BCUT2D eigenvalue weighted by Crippen LogP contribution is 2.38. The molecule has 0 radical (unpaired) electrons. The van der Waals surface area contributed by atoms with E-state index in [4.69, 9.17) is 27.9 Å². The summed E-state index contributed by atoms with van der Waals surface area (Å²) in [4.78, 5) is 11.3. The van der Waals surface area contributed by atoms with Crippen LogP contribution in [0.25, 0.3) is 0 Å². The van der Waals surface area contributed by atoms with Gasteiger partial charge in [-0.15, -0.1) is 0 Å². The molecule has 1 heterocycles. The maximum atomic E-state index is 11.3. The fraction of sp³-hybridized carbons (Fsp3) is 0.417. The van der Waals surface area contributed by atoms with Gasteiger partial charge in [0.1, 0.15) is 6.61 Å². The van der Waals surface area contributed by atoms with E-state index < -0.39 is 6.09 Å². The van der Waals surface area contributed by atoms with Gasteiger partial charge in [-0.25, -0.2) is 4.79 Å². The van der Waals surface area contributed by atoms with E-state index >= 15 is 0 Å². The molecule has 1 fully saturated rings. The molecule has 1 amide bonds. The molecule has 3 nitrogen and oxygen atoms in total. The number of amides is 1. The van der Waals surface area contributed by atoms with E-state index in [2.05, 4.69) is 5.32 Å². The molecule has 1 aliphatic heterocycles. The fourth-order valence-corrected chi connectivity index (χ4v) is 2.22. The Morgan fingerprint density at radius 1 is 1.35 bits per heavy atom. The lowest BCUT2D eigenvalue weighted by atomic mass is 9.80. The highest BCUT2D eigenvalue weighted by molar-refractivity contribution is 6.42. The number of halogens is 2. The normalized spacial score (nSPS) is 22.8. The Balaban J connectivity index is 2.36. The number of cyclic esters (lactones) is 1. The van der Waals surface area contributed by atoms with Gasteiger partial charge in [0, 0.05) is 5.41 Å². The molecule has 0 unspecified atom stereocenters. The first-order valence-corrected chi connectivity index (χ1v) is 6.04. The van der Waals surface area contributed by atoms with E-state index in [1.54, 1.807) is 12.1 Å². The summed E-state index contributed by atoms with van der Waals surface area (Å²) in [5.41, 5.74) is 0.742. The second-order valence-corrected chi connectivity index (χ2v) is 5.63. The van der Waals surface area contributed by atoms with Crippen LogP contribution in [0.1, 0.15) is 25.5 Å². The lowest BCUT2D eigenvalue weighted by molar-refractivity contribution is 0.0387. The zero-order valence-corrected chi connectivity index (χ0v) is 11.1. The van der Waals surface area contributed by atoms with E-state index in [1.165, 1.54) is 0 Å². The number of rotatable bonds is 1. The van der Waals surface area contributed by atoms with Crippen LogP contribution >= 0.6 is 23.2 Å². The number of carbonyl (C=O) groups is 1. The highest BCUT2D eigenvalue weighted by atomic mass is 35.5. The number of hydrogen-bond donors (Lipinski definition) is 1. The Bertz CT molecular complexity index is 460. The van der Waals surface area contributed by atoms with E-state index in [9.17, 15) is 4.79 Å². The van der Waals surface area contributed by atoms with Crippen LogP contribution in [0.5, 0.6) is 0 Å². The summed E-state index contributed by atoms with van der Waals surface area (Å²) in [5, 5.41) is 3.80. The summed E-state index contributed by atoms with van der Waals surface area (Å²) in [6.07, 6.45) is -0.402. The molecule has 1 N–H and O–H groups in total. The monoisotopic (exact) mass is 273 g/mol. The SMILES string of the molecule is CC1(C)COC(=O)N[C@@H]1c1ccc(Cl)c(Cl)c1. The van der Waals surface area contributed by atoms with Crippen molar-refractivity contribution >= 4 is 29.3 Å². The average molecular weight is 274 g/mol. The minimum Gasteiger partial charge on any atom is -0.449 e. The first kappa shape index (κ1) is 12.5. The van der Waals surface area contributed by atoms with Gasteiger partial charge in [-0.05, 0) is 17.7 Å². The molecular formula is C12H13Cl2NO2. The Hall–Kier alpha value is -0.930. The Morgan fingerprint density at radius 3 is 2.71 bits per heavy atom. The van der Waals surface area contributed by atoms with Gasteiger partial charge in [-0.2, -0.15) is 0 Å². The zero-order valence-electron chi connectivity index (χ0n) is 9.59. The minimum absolute atomic E-state index is 0.126. The highest BCUT2D eigenvalue weighted by Gasteiger charge is 2.37. The summed E-state index contributed by atoms with van der Waals surface area (Å²) in [6, 6.07) is 5.25. The maximum absolute atomic E-state index is 11.3. The van der Waals surface area contributed by atoms with Gasteiger partial charge >= 0.3 is 6.09 Å². The van der Waals surface area contributed by atoms with Crippen LogP contribution < -0.4 is 5.32 Å². The first-order valence-electron chi connectivity index (χ1n) is 5.28. The Labute approximate surface area is 110 Å². The molecule has 0 saturated carbocycles. The fourth-order valence-electron chi connectivity index (χ4n) is 1.92. The average Bonchev–Trinajstić information content (AvgIpc) is 2.26. The number of hydrogen-bond acceptors (Lipinski definition) is 2. The van der Waals surface area contributed by atoms with E-state index in [-0.39, 0.29) is 11.5 Å². The molecule has 0 spiro atoms. The Kier molecular flexibility index (Phi) is 3.23. The standard InChI is InChI=1S/C12H13Cl2NO2/c1-12(2)6-17-11(16)15-10(12)7-3-4-8(13)9(14)5-7/h3-5,10H,6H2,1-2H3,(H,15,16)/t10-/m1/s1. The number of benzene rings is 1. The summed E-state index contributed by atoms with van der Waals surface area (Å²) >= 11 is 11.9. The van der Waals surface area contributed by atoms with E-state index in [0.29, 0.717) is 16.7 Å². The Morgan fingerprint density at radius 2 is 2.06 bits per heavy atom. The van der Waals surface area contributed by atoms with Crippen molar-refractivity contribution in [2.24, 2.45) is 5.41 Å². The van der Waals surface area contributed by atoms with Crippen LogP contribution in [0.15, 0.2) is 18.2 Å². The van der Waals surface area contributed by atoms with Crippen molar-refractivity contribution in [2.45, 2.75) is 19.9 Å². The van der Waals surface area contributed by atoms with Gasteiger partial charge in [0.25, 0.3) is 0 Å². The third kappa shape index (κ3) is 2.50. The molecule has 92 valence electrons. The van der Waals surface area contributed by atoms with E-state index in [0.717, 1.165) is 5.56 Å². The number of ether oxygens (including phenoxy) is 1. The van der Waals surface area contributed by atoms with Crippen LogP contribution in [0.4, 0.5) is 4.79 Å². The quantitative estimate of drug-likeness (QED) is 0.845. The smallest absolute Gasteiger partial charge is 0.407 e. The molecule has 1 aliphatic rings. The van der Waals surface area contributed by atoms with Gasteiger partial charge < -0.3 is 10.1 Å². The van der Waals surface area contributed by atoms with Crippen molar-refractivity contribution in [3.05, 3.63) is 33.8 Å². The molecule has 0 bridgehead atoms. The second kappa shape index (κ2) is 4.39. The van der Waals surface area contributed by atoms with E-state index in [1.807, 2.05) is 19.9 Å². The molecule has 5 heteroatoms. The van der Waals surface area contributed by atoms with Gasteiger partial charge in [-0.1, -0.05) is 43.1 Å². The lowest BCUT2D eigenvalue weighted by Gasteiger charge is -2.38. The number of alkyl carbamates (subject to hydrolysis) is 1. The molecular weight excluding hydrogens is 261 g/mol. The molecule has 1 aromatic rings. The predicted octanol–water partition coefficient (Wildman–Crippen LogP) is 3.80. The first-order chi connectivity index (χ1) is 7.90. The van der Waals surface area contributed by atoms with Crippen LogP contribution in [0.3, 0.4) is 0 Å². The summed E-state index contributed by atoms with van der Waals surface area (Å²) in [6.45, 7) is 4.43. The third-order valence-electron chi connectivity index (χ3n) is 2.90. The maximum Gasteiger partial charge on any atom is 0.407 e. The summed E-state index contributed by atoms with van der Waals surface area (Å²) in [7, 11) is 0. The summed E-state index contributed by atoms with van der Waals surface area (Å²) in [5.74, 6) is 0. The van der Waals surface area contributed by atoms with Crippen molar-refractivity contribution < 1.29 is 9.53 Å².